The van der Waals surface area contributed by atoms with Gasteiger partial charge in [-0.15, -0.1) is 0 Å². The highest BCUT2D eigenvalue weighted by atomic mass is 17.1. The van der Waals surface area contributed by atoms with Crippen molar-refractivity contribution in [1.29, 1.82) is 0 Å². The van der Waals surface area contributed by atoms with E-state index < -0.39 is 0 Å². The Morgan fingerprint density at radius 2 is 1.88 bits per heavy atom. The number of nitrogens with one attached hydrogen (secondary N) is 2. The topological polar surface area (TPSA) is 105 Å². The summed E-state index contributed by atoms with van der Waals surface area (Å²) in [6, 6.07) is 6.73. The van der Waals surface area contributed by atoms with Gasteiger partial charge in [-0.2, -0.15) is 9.59 Å². The van der Waals surface area contributed by atoms with Gasteiger partial charge in [-0.05, 0) is 17.7 Å². The Bertz CT molecular complexity index is 371. The molecule has 0 radical (unpaired) electrons. The van der Waals surface area contributed by atoms with Gasteiger partial charge in [-0.25, -0.2) is 10.3 Å². The molecule has 92 valence electrons. The Balaban J connectivity index is 0.000000770. The van der Waals surface area contributed by atoms with E-state index in [-0.39, 0.29) is 18.7 Å². The second kappa shape index (κ2) is 9.20. The summed E-state index contributed by atoms with van der Waals surface area (Å²) in [4.78, 5) is 31.5. The van der Waals surface area contributed by atoms with Crippen LogP contribution in [0.3, 0.4) is 0 Å². The van der Waals surface area contributed by atoms with E-state index in [2.05, 4.69) is 15.7 Å². The number of rotatable bonds is 4. The summed E-state index contributed by atoms with van der Waals surface area (Å²) in [6.45, 7) is 0.119. The summed E-state index contributed by atoms with van der Waals surface area (Å²) >= 11 is 0. The van der Waals surface area contributed by atoms with Crippen molar-refractivity contribution >= 4 is 12.1 Å². The summed E-state index contributed by atoms with van der Waals surface area (Å²) in [7, 11) is 1.62. The maximum absolute atomic E-state index is 11.3. The van der Waals surface area contributed by atoms with Gasteiger partial charge in [-0.1, -0.05) is 12.1 Å². The summed E-state index contributed by atoms with van der Waals surface area (Å²) < 4.78 is 0. The zero-order valence-electron chi connectivity index (χ0n) is 9.10. The van der Waals surface area contributed by atoms with Gasteiger partial charge in [0, 0.05) is 12.6 Å². The molecule has 0 aromatic heterocycles. The van der Waals surface area contributed by atoms with Crippen molar-refractivity contribution in [3.8, 4) is 0 Å². The minimum atomic E-state index is -0.205. The first-order valence-electron chi connectivity index (χ1n) is 4.51. The molecule has 7 heteroatoms. The SMILES string of the molecule is CNNC(=O)c1ccc(COO)cc1.O=C=O. The summed E-state index contributed by atoms with van der Waals surface area (Å²) in [5.41, 5.74) is 6.33. The van der Waals surface area contributed by atoms with Gasteiger partial charge >= 0.3 is 6.15 Å². The molecule has 1 aromatic carbocycles. The lowest BCUT2D eigenvalue weighted by Crippen LogP contribution is -2.34. The molecule has 1 rings (SSSR count). The molecular formula is C10H12N2O5. The maximum Gasteiger partial charge on any atom is 0.373 e. The molecule has 0 atom stereocenters. The van der Waals surface area contributed by atoms with Crippen molar-refractivity contribution in [2.45, 2.75) is 6.61 Å². The van der Waals surface area contributed by atoms with Crippen LogP contribution in [0.25, 0.3) is 0 Å². The molecule has 0 aliphatic rings. The van der Waals surface area contributed by atoms with E-state index in [4.69, 9.17) is 14.8 Å². The van der Waals surface area contributed by atoms with Crippen LogP contribution < -0.4 is 10.9 Å². The van der Waals surface area contributed by atoms with Crippen molar-refractivity contribution in [1.82, 2.24) is 10.9 Å². The molecule has 0 bridgehead atoms. The smallest absolute Gasteiger partial charge is 0.288 e. The molecule has 7 nitrogen and oxygen atoms in total. The highest BCUT2D eigenvalue weighted by Crippen LogP contribution is 2.04. The maximum atomic E-state index is 11.3. The molecule has 0 unspecified atom stereocenters. The lowest BCUT2D eigenvalue weighted by Gasteiger charge is -2.03. The van der Waals surface area contributed by atoms with Crippen LogP contribution in [0.15, 0.2) is 24.3 Å². The second-order valence-corrected chi connectivity index (χ2v) is 2.76. The van der Waals surface area contributed by atoms with Crippen LogP contribution in [-0.2, 0) is 21.1 Å². The Morgan fingerprint density at radius 1 is 1.35 bits per heavy atom. The van der Waals surface area contributed by atoms with E-state index in [1.807, 2.05) is 0 Å². The van der Waals surface area contributed by atoms with Crippen LogP contribution in [0, 0.1) is 0 Å². The van der Waals surface area contributed by atoms with Crippen LogP contribution in [0.5, 0.6) is 0 Å². The van der Waals surface area contributed by atoms with E-state index in [0.29, 0.717) is 5.56 Å². The fourth-order valence-corrected chi connectivity index (χ4v) is 1.01. The van der Waals surface area contributed by atoms with E-state index >= 15 is 0 Å². The molecule has 1 amide bonds. The number of carbonyl (C=O) groups excluding carboxylic acids is 3. The van der Waals surface area contributed by atoms with Crippen LogP contribution in [0.2, 0.25) is 0 Å². The van der Waals surface area contributed by atoms with Gasteiger partial charge in [-0.3, -0.25) is 15.5 Å². The Morgan fingerprint density at radius 3 is 2.29 bits per heavy atom. The third kappa shape index (κ3) is 6.18. The van der Waals surface area contributed by atoms with Gasteiger partial charge in [0.1, 0.15) is 6.61 Å². The molecule has 0 aliphatic carbocycles. The zero-order valence-corrected chi connectivity index (χ0v) is 9.10. The molecule has 0 saturated carbocycles. The van der Waals surface area contributed by atoms with Crippen LogP contribution in [0.1, 0.15) is 15.9 Å². The first kappa shape index (κ1) is 14.9. The van der Waals surface area contributed by atoms with Gasteiger partial charge in [0.05, 0.1) is 0 Å². The third-order valence-corrected chi connectivity index (χ3v) is 1.69. The molecule has 17 heavy (non-hydrogen) atoms. The largest absolute Gasteiger partial charge is 0.373 e. The van der Waals surface area contributed by atoms with Crippen molar-refractivity contribution in [3.63, 3.8) is 0 Å². The average Bonchev–Trinajstić information content (AvgIpc) is 2.32. The van der Waals surface area contributed by atoms with E-state index in [0.717, 1.165) is 5.56 Å². The van der Waals surface area contributed by atoms with Crippen LogP contribution in [0.4, 0.5) is 0 Å². The zero-order chi connectivity index (χ0) is 13.1. The standard InChI is InChI=1S/C9H12N2O3.CO2/c1-10-11-9(12)8-4-2-7(3-5-8)6-14-13;2-1-3/h2-5,10,13H,6H2,1H3,(H,11,12);. The third-order valence-electron chi connectivity index (χ3n) is 1.69. The number of benzene rings is 1. The molecule has 3 N–H and O–H groups in total. The predicted octanol–water partition coefficient (Wildman–Crippen LogP) is -0.0431. The lowest BCUT2D eigenvalue weighted by molar-refractivity contribution is -0.253. The minimum Gasteiger partial charge on any atom is -0.288 e. The van der Waals surface area contributed by atoms with Crippen LogP contribution in [-0.4, -0.2) is 24.4 Å². The van der Waals surface area contributed by atoms with Crippen molar-refractivity contribution < 1.29 is 24.5 Å². The van der Waals surface area contributed by atoms with Crippen molar-refractivity contribution in [3.05, 3.63) is 35.4 Å². The Hall–Kier alpha value is -2.05. The molecule has 0 heterocycles. The normalized spacial score (nSPS) is 8.59. The highest BCUT2D eigenvalue weighted by molar-refractivity contribution is 5.93. The van der Waals surface area contributed by atoms with E-state index in [9.17, 15) is 4.79 Å². The van der Waals surface area contributed by atoms with Gasteiger partial charge in [0.2, 0.25) is 0 Å². The Labute approximate surface area is 97.3 Å². The highest BCUT2D eigenvalue weighted by Gasteiger charge is 2.02. The molecule has 0 saturated heterocycles. The van der Waals surface area contributed by atoms with Crippen molar-refractivity contribution in [2.24, 2.45) is 0 Å². The van der Waals surface area contributed by atoms with Gasteiger partial charge < -0.3 is 0 Å². The Kier molecular flexibility index (Phi) is 8.09. The first-order valence-corrected chi connectivity index (χ1v) is 4.51. The summed E-state index contributed by atoms with van der Waals surface area (Å²) in [5, 5.41) is 8.19. The molecular weight excluding hydrogens is 228 g/mol. The van der Waals surface area contributed by atoms with E-state index in [1.54, 1.807) is 31.3 Å². The fourth-order valence-electron chi connectivity index (χ4n) is 1.01. The number of hydrogen-bond donors (Lipinski definition) is 3. The van der Waals surface area contributed by atoms with E-state index in [1.165, 1.54) is 0 Å². The number of hydrogen-bond acceptors (Lipinski definition) is 6. The lowest BCUT2D eigenvalue weighted by atomic mass is 10.1. The predicted molar refractivity (Wildman–Crippen MR) is 55.4 cm³/mol. The second-order valence-electron chi connectivity index (χ2n) is 2.76. The number of carbonyl (C=O) groups is 1. The fraction of sp³-hybridized carbons (Fsp3) is 0.200. The molecule has 0 fully saturated rings. The summed E-state index contributed by atoms with van der Waals surface area (Å²) in [5.74, 6) is -0.205. The minimum absolute atomic E-state index is 0.119. The van der Waals surface area contributed by atoms with Gasteiger partial charge in [0.25, 0.3) is 5.91 Å². The summed E-state index contributed by atoms with van der Waals surface area (Å²) in [6.07, 6.45) is 0.250. The first-order chi connectivity index (χ1) is 8.19. The van der Waals surface area contributed by atoms with Crippen molar-refractivity contribution in [2.75, 3.05) is 7.05 Å². The quantitative estimate of drug-likeness (QED) is 0.503. The molecule has 0 spiro atoms. The monoisotopic (exact) mass is 240 g/mol. The number of amides is 1. The molecule has 1 aromatic rings. The number of hydrazine groups is 1. The van der Waals surface area contributed by atoms with Crippen LogP contribution >= 0.6 is 0 Å². The molecule has 0 aliphatic heterocycles. The average molecular weight is 240 g/mol. The van der Waals surface area contributed by atoms with Gasteiger partial charge in [0.15, 0.2) is 0 Å².